The fourth-order valence-corrected chi connectivity index (χ4v) is 2.25. The van der Waals surface area contributed by atoms with E-state index >= 15 is 0 Å². The first-order valence-corrected chi connectivity index (χ1v) is 6.17. The van der Waals surface area contributed by atoms with Crippen molar-refractivity contribution in [3.05, 3.63) is 0 Å². The van der Waals surface area contributed by atoms with E-state index in [1.807, 2.05) is 20.8 Å². The van der Waals surface area contributed by atoms with Crippen LogP contribution in [0.4, 0.5) is 0 Å². The second kappa shape index (κ2) is 5.50. The zero-order valence-electron chi connectivity index (χ0n) is 11.2. The third-order valence-electron chi connectivity index (χ3n) is 3.54. The van der Waals surface area contributed by atoms with E-state index < -0.39 is 5.92 Å². The maximum absolute atomic E-state index is 12.2. The fourth-order valence-electron chi connectivity index (χ4n) is 2.25. The molecule has 1 saturated heterocycles. The number of nitrogens with zero attached hydrogens (tertiary/aromatic N) is 2. The van der Waals surface area contributed by atoms with Crippen molar-refractivity contribution < 1.29 is 9.53 Å². The van der Waals surface area contributed by atoms with E-state index in [0.29, 0.717) is 6.54 Å². The largest absolute Gasteiger partial charge is 0.377 e. The Balaban J connectivity index is 2.73. The van der Waals surface area contributed by atoms with Crippen LogP contribution in [-0.4, -0.2) is 36.6 Å². The Morgan fingerprint density at radius 2 is 2.18 bits per heavy atom. The molecule has 1 fully saturated rings. The Labute approximate surface area is 104 Å². The molecule has 0 aromatic rings. The predicted octanol–water partition coefficient (Wildman–Crippen LogP) is 1.81. The van der Waals surface area contributed by atoms with E-state index in [1.165, 1.54) is 0 Å². The molecular weight excluding hydrogens is 216 g/mol. The van der Waals surface area contributed by atoms with Gasteiger partial charge < -0.3 is 9.64 Å². The standard InChI is InChI=1S/C13H22N2O2/c1-10(2)11(8-14)12(16)15-7-5-6-13(3,9-15)17-4/h10-11H,5-7,9H2,1-4H3. The molecule has 2 atom stereocenters. The van der Waals surface area contributed by atoms with E-state index in [9.17, 15) is 4.79 Å². The summed E-state index contributed by atoms with van der Waals surface area (Å²) in [5, 5.41) is 9.06. The first-order chi connectivity index (χ1) is 7.93. The summed E-state index contributed by atoms with van der Waals surface area (Å²) in [6, 6.07) is 2.11. The maximum atomic E-state index is 12.2. The summed E-state index contributed by atoms with van der Waals surface area (Å²) >= 11 is 0. The van der Waals surface area contributed by atoms with Crippen LogP contribution in [0.5, 0.6) is 0 Å². The molecule has 2 unspecified atom stereocenters. The number of piperidine rings is 1. The molecule has 1 amide bonds. The highest BCUT2D eigenvalue weighted by Crippen LogP contribution is 2.26. The zero-order valence-corrected chi connectivity index (χ0v) is 11.2. The Bertz CT molecular complexity index is 322. The van der Waals surface area contributed by atoms with Gasteiger partial charge in [0, 0.05) is 20.2 Å². The molecule has 1 heterocycles. The molecule has 0 aromatic heterocycles. The number of likely N-dealkylation sites (tertiary alicyclic amines) is 1. The molecule has 17 heavy (non-hydrogen) atoms. The van der Waals surface area contributed by atoms with Crippen LogP contribution in [0.25, 0.3) is 0 Å². The number of ether oxygens (including phenoxy) is 1. The number of rotatable bonds is 3. The van der Waals surface area contributed by atoms with Gasteiger partial charge in [-0.2, -0.15) is 5.26 Å². The van der Waals surface area contributed by atoms with Crippen LogP contribution in [0.3, 0.4) is 0 Å². The molecule has 0 radical (unpaired) electrons. The number of hydrogen-bond acceptors (Lipinski definition) is 3. The zero-order chi connectivity index (χ0) is 13.1. The normalized spacial score (nSPS) is 26.7. The molecule has 1 rings (SSSR count). The predicted molar refractivity (Wildman–Crippen MR) is 65.2 cm³/mol. The van der Waals surface area contributed by atoms with E-state index in [-0.39, 0.29) is 17.4 Å². The van der Waals surface area contributed by atoms with Gasteiger partial charge in [-0.1, -0.05) is 13.8 Å². The molecule has 0 aromatic carbocycles. The minimum atomic E-state index is -0.533. The summed E-state index contributed by atoms with van der Waals surface area (Å²) in [5.74, 6) is -0.525. The van der Waals surface area contributed by atoms with Crippen molar-refractivity contribution in [2.75, 3.05) is 20.2 Å². The summed E-state index contributed by atoms with van der Waals surface area (Å²) in [7, 11) is 1.68. The number of nitriles is 1. The highest BCUT2D eigenvalue weighted by Gasteiger charge is 2.36. The Morgan fingerprint density at radius 1 is 1.53 bits per heavy atom. The Morgan fingerprint density at radius 3 is 2.65 bits per heavy atom. The van der Waals surface area contributed by atoms with Gasteiger partial charge in [0.15, 0.2) is 0 Å². The van der Waals surface area contributed by atoms with Gasteiger partial charge in [-0.25, -0.2) is 0 Å². The number of carbonyl (C=O) groups is 1. The lowest BCUT2D eigenvalue weighted by molar-refractivity contribution is -0.142. The van der Waals surface area contributed by atoms with Crippen LogP contribution in [-0.2, 0) is 9.53 Å². The number of methoxy groups -OCH3 is 1. The topological polar surface area (TPSA) is 53.3 Å². The molecule has 0 spiro atoms. The summed E-state index contributed by atoms with van der Waals surface area (Å²) in [5.41, 5.74) is -0.259. The summed E-state index contributed by atoms with van der Waals surface area (Å²) in [4.78, 5) is 14.0. The Hall–Kier alpha value is -1.08. The van der Waals surface area contributed by atoms with E-state index in [4.69, 9.17) is 10.00 Å². The summed E-state index contributed by atoms with van der Waals surface area (Å²) in [6.07, 6.45) is 1.90. The van der Waals surface area contributed by atoms with Crippen LogP contribution in [0.2, 0.25) is 0 Å². The monoisotopic (exact) mass is 238 g/mol. The van der Waals surface area contributed by atoms with Crippen molar-refractivity contribution in [2.45, 2.75) is 39.2 Å². The van der Waals surface area contributed by atoms with Gasteiger partial charge in [-0.05, 0) is 25.7 Å². The lowest BCUT2D eigenvalue weighted by atomic mass is 9.91. The van der Waals surface area contributed by atoms with Crippen molar-refractivity contribution >= 4 is 5.91 Å². The highest BCUT2D eigenvalue weighted by molar-refractivity contribution is 5.81. The number of hydrogen-bond donors (Lipinski definition) is 0. The quantitative estimate of drug-likeness (QED) is 0.753. The summed E-state index contributed by atoms with van der Waals surface area (Å²) < 4.78 is 5.46. The van der Waals surface area contributed by atoms with Gasteiger partial charge in [0.2, 0.25) is 5.91 Å². The lowest BCUT2D eigenvalue weighted by Gasteiger charge is -2.40. The van der Waals surface area contributed by atoms with Crippen molar-refractivity contribution in [3.63, 3.8) is 0 Å². The van der Waals surface area contributed by atoms with Gasteiger partial charge >= 0.3 is 0 Å². The third-order valence-corrected chi connectivity index (χ3v) is 3.54. The molecule has 1 aliphatic heterocycles. The third kappa shape index (κ3) is 3.19. The molecule has 4 heteroatoms. The average Bonchev–Trinajstić information content (AvgIpc) is 2.29. The SMILES string of the molecule is COC1(C)CCCN(C(=O)C(C#N)C(C)C)C1. The maximum Gasteiger partial charge on any atom is 0.240 e. The van der Waals surface area contributed by atoms with Crippen molar-refractivity contribution in [1.82, 2.24) is 4.90 Å². The smallest absolute Gasteiger partial charge is 0.240 e. The van der Waals surface area contributed by atoms with Gasteiger partial charge in [0.05, 0.1) is 11.7 Å². The summed E-state index contributed by atoms with van der Waals surface area (Å²) in [6.45, 7) is 7.16. The average molecular weight is 238 g/mol. The molecule has 96 valence electrons. The Kier molecular flexibility index (Phi) is 4.53. The van der Waals surface area contributed by atoms with E-state index in [1.54, 1.807) is 12.0 Å². The van der Waals surface area contributed by atoms with Crippen molar-refractivity contribution in [2.24, 2.45) is 11.8 Å². The van der Waals surface area contributed by atoms with Crippen LogP contribution in [0.1, 0.15) is 33.6 Å². The lowest BCUT2D eigenvalue weighted by Crippen LogP contribution is -2.51. The first-order valence-electron chi connectivity index (χ1n) is 6.17. The molecule has 1 aliphatic rings. The van der Waals surface area contributed by atoms with E-state index in [2.05, 4.69) is 6.07 Å². The molecular formula is C13H22N2O2. The van der Waals surface area contributed by atoms with Crippen LogP contribution >= 0.6 is 0 Å². The second-order valence-corrected chi connectivity index (χ2v) is 5.37. The minimum Gasteiger partial charge on any atom is -0.377 e. The second-order valence-electron chi connectivity index (χ2n) is 5.37. The number of carbonyl (C=O) groups excluding carboxylic acids is 1. The van der Waals surface area contributed by atoms with Crippen LogP contribution < -0.4 is 0 Å². The van der Waals surface area contributed by atoms with Crippen molar-refractivity contribution in [3.8, 4) is 6.07 Å². The van der Waals surface area contributed by atoms with Gasteiger partial charge in [0.25, 0.3) is 0 Å². The fraction of sp³-hybridized carbons (Fsp3) is 0.846. The van der Waals surface area contributed by atoms with Gasteiger partial charge in [-0.3, -0.25) is 4.79 Å². The first kappa shape index (κ1) is 14.0. The molecule has 0 saturated carbocycles. The van der Waals surface area contributed by atoms with Gasteiger partial charge in [0.1, 0.15) is 5.92 Å². The van der Waals surface area contributed by atoms with E-state index in [0.717, 1.165) is 19.4 Å². The molecule has 0 N–H and O–H groups in total. The molecule has 4 nitrogen and oxygen atoms in total. The number of amides is 1. The van der Waals surface area contributed by atoms with Crippen LogP contribution in [0, 0.1) is 23.2 Å². The van der Waals surface area contributed by atoms with Crippen LogP contribution in [0.15, 0.2) is 0 Å². The van der Waals surface area contributed by atoms with Gasteiger partial charge in [-0.15, -0.1) is 0 Å². The van der Waals surface area contributed by atoms with Crippen molar-refractivity contribution in [1.29, 1.82) is 5.26 Å². The molecule has 0 bridgehead atoms. The highest BCUT2D eigenvalue weighted by atomic mass is 16.5. The molecule has 0 aliphatic carbocycles. The minimum absolute atomic E-state index is 0.0505.